The third kappa shape index (κ3) is 2.44. The Morgan fingerprint density at radius 2 is 1.92 bits per heavy atom. The molecule has 0 bridgehead atoms. The van der Waals surface area contributed by atoms with Gasteiger partial charge in [0.25, 0.3) is 0 Å². The normalized spacial score (nSPS) is 12.4. The van der Waals surface area contributed by atoms with Crippen LogP contribution < -0.4 is 0 Å². The summed E-state index contributed by atoms with van der Waals surface area (Å²) in [5.74, 6) is 0.388. The van der Waals surface area contributed by atoms with Crippen molar-refractivity contribution >= 4 is 28.2 Å². The minimum atomic E-state index is -4.55. The summed E-state index contributed by atoms with van der Waals surface area (Å²) in [5.41, 5.74) is 0.745. The van der Waals surface area contributed by atoms with Crippen molar-refractivity contribution in [1.82, 2.24) is 24.8 Å². The molecule has 0 saturated carbocycles. The van der Waals surface area contributed by atoms with Gasteiger partial charge in [0, 0.05) is 10.9 Å². The monoisotopic (exact) mass is 365 g/mol. The van der Waals surface area contributed by atoms with Crippen LogP contribution in [-0.4, -0.2) is 24.8 Å². The highest BCUT2D eigenvalue weighted by atomic mass is 35.5. The van der Waals surface area contributed by atoms with Crippen LogP contribution in [0.3, 0.4) is 0 Å². The lowest BCUT2D eigenvalue weighted by atomic mass is 10.0. The smallest absolute Gasteiger partial charge is 0.276 e. The lowest BCUT2D eigenvalue weighted by molar-refractivity contribution is -0.137. The zero-order chi connectivity index (χ0) is 17.9. The van der Waals surface area contributed by atoms with Crippen LogP contribution in [0.15, 0.2) is 24.4 Å². The Bertz CT molecular complexity index is 1130. The summed E-state index contributed by atoms with van der Waals surface area (Å²) >= 11 is 6.21. The number of H-pyrrole nitrogens is 1. The van der Waals surface area contributed by atoms with Crippen molar-refractivity contribution < 1.29 is 13.2 Å². The Morgan fingerprint density at radius 1 is 1.16 bits per heavy atom. The molecule has 1 aromatic carbocycles. The number of benzene rings is 1. The summed E-state index contributed by atoms with van der Waals surface area (Å²) in [5, 5.41) is 11.7. The van der Waals surface area contributed by atoms with E-state index in [9.17, 15) is 13.2 Å². The molecule has 0 radical (unpaired) electrons. The van der Waals surface area contributed by atoms with Gasteiger partial charge in [-0.15, -0.1) is 0 Å². The van der Waals surface area contributed by atoms with Crippen molar-refractivity contribution in [3.05, 3.63) is 46.4 Å². The summed E-state index contributed by atoms with van der Waals surface area (Å²) in [6.45, 7) is 3.21. The molecule has 4 aromatic rings. The first kappa shape index (κ1) is 15.9. The fourth-order valence-electron chi connectivity index (χ4n) is 2.93. The Balaban J connectivity index is 2.15. The van der Waals surface area contributed by atoms with E-state index >= 15 is 0 Å². The van der Waals surface area contributed by atoms with Crippen LogP contribution in [0.25, 0.3) is 27.8 Å². The second kappa shape index (κ2) is 5.19. The van der Waals surface area contributed by atoms with Gasteiger partial charge in [0.1, 0.15) is 5.82 Å². The van der Waals surface area contributed by atoms with E-state index < -0.39 is 11.7 Å². The van der Waals surface area contributed by atoms with Crippen LogP contribution in [0.1, 0.15) is 17.0 Å². The standard InChI is InChI=1S/C16H11ClF3N5/c1-7-3-11(16(18,19)20)14(25-15(7)22-8(2)24-25)9-4-10-6-21-23-13(10)12(17)5-9/h3-6H,1-2H3,(H,21,23). The van der Waals surface area contributed by atoms with E-state index in [-0.39, 0.29) is 10.7 Å². The van der Waals surface area contributed by atoms with E-state index in [1.165, 1.54) is 16.8 Å². The number of fused-ring (bicyclic) bond motifs is 2. The van der Waals surface area contributed by atoms with Gasteiger partial charge in [0.15, 0.2) is 5.65 Å². The Kier molecular flexibility index (Phi) is 3.30. The van der Waals surface area contributed by atoms with E-state index in [1.807, 2.05) is 0 Å². The first-order valence-electron chi connectivity index (χ1n) is 7.33. The molecule has 9 heteroatoms. The Labute approximate surface area is 144 Å². The summed E-state index contributed by atoms with van der Waals surface area (Å²) in [4.78, 5) is 4.23. The highest BCUT2D eigenvalue weighted by Gasteiger charge is 2.36. The second-order valence-corrected chi connectivity index (χ2v) is 6.18. The number of halogens is 4. The molecule has 3 aromatic heterocycles. The van der Waals surface area contributed by atoms with Gasteiger partial charge in [-0.05, 0) is 37.6 Å². The van der Waals surface area contributed by atoms with E-state index in [4.69, 9.17) is 11.6 Å². The molecule has 0 atom stereocenters. The highest BCUT2D eigenvalue weighted by molar-refractivity contribution is 6.35. The molecule has 0 fully saturated rings. The highest BCUT2D eigenvalue weighted by Crippen LogP contribution is 2.40. The zero-order valence-corrected chi connectivity index (χ0v) is 13.9. The minimum Gasteiger partial charge on any atom is -0.276 e. The fourth-order valence-corrected chi connectivity index (χ4v) is 3.20. The Morgan fingerprint density at radius 3 is 2.64 bits per heavy atom. The quantitative estimate of drug-likeness (QED) is 0.538. The predicted molar refractivity (Wildman–Crippen MR) is 87.6 cm³/mol. The maximum absolute atomic E-state index is 13.7. The van der Waals surface area contributed by atoms with Gasteiger partial charge in [-0.2, -0.15) is 23.4 Å². The molecule has 0 aliphatic carbocycles. The second-order valence-electron chi connectivity index (χ2n) is 5.77. The van der Waals surface area contributed by atoms with Gasteiger partial charge in [0.05, 0.1) is 28.0 Å². The van der Waals surface area contributed by atoms with Crippen molar-refractivity contribution in [2.45, 2.75) is 20.0 Å². The lowest BCUT2D eigenvalue weighted by Crippen LogP contribution is -2.12. The zero-order valence-electron chi connectivity index (χ0n) is 13.1. The van der Waals surface area contributed by atoms with E-state index in [0.29, 0.717) is 33.5 Å². The third-order valence-electron chi connectivity index (χ3n) is 3.97. The number of aryl methyl sites for hydroxylation is 2. The van der Waals surface area contributed by atoms with Gasteiger partial charge in [-0.3, -0.25) is 5.10 Å². The van der Waals surface area contributed by atoms with Crippen molar-refractivity contribution in [2.75, 3.05) is 0 Å². The maximum atomic E-state index is 13.7. The molecule has 0 saturated heterocycles. The van der Waals surface area contributed by atoms with Gasteiger partial charge in [-0.1, -0.05) is 11.6 Å². The van der Waals surface area contributed by atoms with E-state index in [1.54, 1.807) is 19.9 Å². The number of pyridine rings is 1. The summed E-state index contributed by atoms with van der Waals surface area (Å²) < 4.78 is 42.3. The molecule has 3 heterocycles. The summed E-state index contributed by atoms with van der Waals surface area (Å²) in [6.07, 6.45) is -3.04. The van der Waals surface area contributed by atoms with Crippen LogP contribution in [0, 0.1) is 13.8 Å². The number of alkyl halides is 3. The van der Waals surface area contributed by atoms with Gasteiger partial charge < -0.3 is 0 Å². The molecule has 25 heavy (non-hydrogen) atoms. The number of nitrogens with zero attached hydrogens (tertiary/aromatic N) is 4. The van der Waals surface area contributed by atoms with Crippen LogP contribution in [0.2, 0.25) is 5.02 Å². The number of nitrogens with one attached hydrogen (secondary N) is 1. The molecule has 0 amide bonds. The number of hydrogen-bond acceptors (Lipinski definition) is 3. The minimum absolute atomic E-state index is 0.0984. The first-order valence-corrected chi connectivity index (χ1v) is 7.70. The van der Waals surface area contributed by atoms with Crippen LogP contribution in [-0.2, 0) is 6.18 Å². The van der Waals surface area contributed by atoms with Gasteiger partial charge >= 0.3 is 6.18 Å². The topological polar surface area (TPSA) is 58.9 Å². The average molecular weight is 366 g/mol. The SMILES string of the molecule is Cc1nc2c(C)cc(C(F)(F)F)c(-c3cc(Cl)c4[nH]ncc4c3)n2n1. The molecular formula is C16H11ClF3N5. The molecule has 128 valence electrons. The van der Waals surface area contributed by atoms with Crippen LogP contribution in [0.5, 0.6) is 0 Å². The van der Waals surface area contributed by atoms with Crippen molar-refractivity contribution in [3.63, 3.8) is 0 Å². The number of aromatic nitrogens is 5. The molecule has 0 aliphatic heterocycles. The fraction of sp³-hybridized carbons (Fsp3) is 0.188. The number of rotatable bonds is 1. The molecule has 0 aliphatic rings. The van der Waals surface area contributed by atoms with E-state index in [2.05, 4.69) is 20.3 Å². The number of aromatic amines is 1. The van der Waals surface area contributed by atoms with Gasteiger partial charge in [0.2, 0.25) is 0 Å². The molecule has 0 spiro atoms. The van der Waals surface area contributed by atoms with Crippen LogP contribution >= 0.6 is 11.6 Å². The molecular weight excluding hydrogens is 355 g/mol. The molecule has 0 unspecified atom stereocenters. The molecule has 1 N–H and O–H groups in total. The third-order valence-corrected chi connectivity index (χ3v) is 4.27. The van der Waals surface area contributed by atoms with E-state index in [0.717, 1.165) is 6.07 Å². The summed E-state index contributed by atoms with van der Waals surface area (Å²) in [6, 6.07) is 4.16. The largest absolute Gasteiger partial charge is 0.418 e. The lowest BCUT2D eigenvalue weighted by Gasteiger charge is -2.16. The van der Waals surface area contributed by atoms with Crippen molar-refractivity contribution in [3.8, 4) is 11.3 Å². The van der Waals surface area contributed by atoms with Crippen LogP contribution in [0.4, 0.5) is 13.2 Å². The predicted octanol–water partition coefficient (Wildman–Crippen LogP) is 4.56. The molecule has 5 nitrogen and oxygen atoms in total. The maximum Gasteiger partial charge on any atom is 0.418 e. The average Bonchev–Trinajstić information content (AvgIpc) is 3.12. The molecule has 4 rings (SSSR count). The Hall–Kier alpha value is -2.61. The van der Waals surface area contributed by atoms with Gasteiger partial charge in [-0.25, -0.2) is 9.50 Å². The first-order chi connectivity index (χ1) is 11.8. The van der Waals surface area contributed by atoms with Crippen molar-refractivity contribution in [2.24, 2.45) is 0 Å². The number of hydrogen-bond donors (Lipinski definition) is 1. The summed E-state index contributed by atoms with van der Waals surface area (Å²) in [7, 11) is 0. The van der Waals surface area contributed by atoms with Crippen molar-refractivity contribution in [1.29, 1.82) is 0 Å².